The first-order chi connectivity index (χ1) is 14.6. The molecule has 7 nitrogen and oxygen atoms in total. The van der Waals surface area contributed by atoms with Crippen LogP contribution in [0.25, 0.3) is 0 Å². The highest BCUT2D eigenvalue weighted by molar-refractivity contribution is 8.00. The molecule has 0 aliphatic rings. The number of hydrogen-bond donors (Lipinski definition) is 2. The van der Waals surface area contributed by atoms with E-state index in [4.69, 9.17) is 4.74 Å². The lowest BCUT2D eigenvalue weighted by Crippen LogP contribution is -2.24. The predicted octanol–water partition coefficient (Wildman–Crippen LogP) is 4.07. The Labute approximate surface area is 179 Å². The van der Waals surface area contributed by atoms with E-state index in [1.54, 1.807) is 23.6 Å². The van der Waals surface area contributed by atoms with Crippen LogP contribution in [0.1, 0.15) is 32.3 Å². The largest absolute Gasteiger partial charge is 0.489 e. The van der Waals surface area contributed by atoms with Gasteiger partial charge in [0.15, 0.2) is 5.16 Å². The average Bonchev–Trinajstić information content (AvgIpc) is 3.11. The maximum Gasteiger partial charge on any atom is 0.343 e. The van der Waals surface area contributed by atoms with Crippen LogP contribution in [0.2, 0.25) is 0 Å². The zero-order chi connectivity index (χ0) is 21.3. The number of rotatable bonds is 10. The van der Waals surface area contributed by atoms with Crippen LogP contribution in [-0.2, 0) is 17.9 Å². The van der Waals surface area contributed by atoms with Gasteiger partial charge in [-0.1, -0.05) is 55.4 Å². The highest BCUT2D eigenvalue weighted by Gasteiger charge is 2.19. The van der Waals surface area contributed by atoms with Crippen LogP contribution in [0.15, 0.2) is 64.5 Å². The number of nitrogens with zero attached hydrogens (tertiary/aromatic N) is 2. The molecule has 0 saturated heterocycles. The smallest absolute Gasteiger partial charge is 0.343 e. The second-order valence-corrected chi connectivity index (χ2v) is 8.17. The Bertz CT molecular complexity index is 999. The molecule has 2 aromatic carbocycles. The van der Waals surface area contributed by atoms with Crippen molar-refractivity contribution in [2.24, 2.45) is 0 Å². The van der Waals surface area contributed by atoms with Crippen LogP contribution >= 0.6 is 11.8 Å². The number of carbonyl (C=O) groups is 1. The SMILES string of the molecule is CCCCn1c(S[C@@H](C)C(=O)Nc2ccc(OCc3ccccc3)cc2)n[nH]c1=O. The van der Waals surface area contributed by atoms with Crippen molar-refractivity contribution in [3.05, 3.63) is 70.6 Å². The summed E-state index contributed by atoms with van der Waals surface area (Å²) in [5.41, 5.74) is 1.53. The normalized spacial score (nSPS) is 11.8. The summed E-state index contributed by atoms with van der Waals surface area (Å²) in [6.45, 7) is 4.93. The van der Waals surface area contributed by atoms with Gasteiger partial charge < -0.3 is 10.1 Å². The first kappa shape index (κ1) is 21.7. The molecule has 0 aliphatic carbocycles. The van der Waals surface area contributed by atoms with Gasteiger partial charge in [-0.3, -0.25) is 9.36 Å². The summed E-state index contributed by atoms with van der Waals surface area (Å²) in [5, 5.41) is 9.52. The van der Waals surface area contributed by atoms with Gasteiger partial charge in [0.05, 0.1) is 5.25 Å². The minimum absolute atomic E-state index is 0.157. The standard InChI is InChI=1S/C22H26N4O3S/c1-3-4-14-26-21(28)24-25-22(26)30-16(2)20(27)23-18-10-12-19(13-11-18)29-15-17-8-6-5-7-9-17/h5-13,16H,3-4,14-15H2,1-2H3,(H,23,27)(H,24,28)/t16-/m0/s1. The predicted molar refractivity (Wildman–Crippen MR) is 119 cm³/mol. The van der Waals surface area contributed by atoms with Crippen LogP contribution in [0.4, 0.5) is 5.69 Å². The number of unbranched alkanes of at least 4 members (excludes halogenated alkanes) is 1. The number of ether oxygens (including phenoxy) is 1. The number of H-pyrrole nitrogens is 1. The van der Waals surface area contributed by atoms with E-state index in [0.29, 0.717) is 24.0 Å². The van der Waals surface area contributed by atoms with E-state index in [2.05, 4.69) is 22.4 Å². The van der Waals surface area contributed by atoms with Crippen molar-refractivity contribution in [3.8, 4) is 5.75 Å². The molecule has 0 radical (unpaired) electrons. The second-order valence-electron chi connectivity index (χ2n) is 6.86. The first-order valence-corrected chi connectivity index (χ1v) is 10.8. The molecule has 0 unspecified atom stereocenters. The van der Waals surface area contributed by atoms with Crippen molar-refractivity contribution in [1.29, 1.82) is 0 Å². The van der Waals surface area contributed by atoms with Crippen molar-refractivity contribution in [1.82, 2.24) is 14.8 Å². The Kier molecular flexibility index (Phi) is 7.73. The number of anilines is 1. The summed E-state index contributed by atoms with van der Waals surface area (Å²) >= 11 is 1.26. The van der Waals surface area contributed by atoms with Gasteiger partial charge in [0.1, 0.15) is 12.4 Å². The van der Waals surface area contributed by atoms with E-state index >= 15 is 0 Å². The van der Waals surface area contributed by atoms with E-state index < -0.39 is 5.25 Å². The molecule has 158 valence electrons. The lowest BCUT2D eigenvalue weighted by Gasteiger charge is -2.13. The molecule has 2 N–H and O–H groups in total. The molecule has 0 fully saturated rings. The molecule has 1 atom stereocenters. The summed E-state index contributed by atoms with van der Waals surface area (Å²) in [7, 11) is 0. The highest BCUT2D eigenvalue weighted by Crippen LogP contribution is 2.23. The van der Waals surface area contributed by atoms with Gasteiger partial charge in [-0.25, -0.2) is 9.89 Å². The van der Waals surface area contributed by atoms with E-state index in [9.17, 15) is 9.59 Å². The molecular formula is C22H26N4O3S. The Morgan fingerprint density at radius 1 is 1.20 bits per heavy atom. The van der Waals surface area contributed by atoms with Crippen LogP contribution < -0.4 is 15.7 Å². The van der Waals surface area contributed by atoms with Crippen LogP contribution in [-0.4, -0.2) is 25.9 Å². The van der Waals surface area contributed by atoms with Crippen LogP contribution in [0.5, 0.6) is 5.75 Å². The second kappa shape index (κ2) is 10.7. The van der Waals surface area contributed by atoms with Gasteiger partial charge in [0.25, 0.3) is 0 Å². The van der Waals surface area contributed by atoms with Crippen molar-refractivity contribution < 1.29 is 9.53 Å². The number of aromatic nitrogens is 3. The third-order valence-electron chi connectivity index (χ3n) is 4.48. The minimum Gasteiger partial charge on any atom is -0.489 e. The molecule has 1 amide bonds. The molecule has 0 bridgehead atoms. The fraction of sp³-hybridized carbons (Fsp3) is 0.318. The molecule has 0 saturated carbocycles. The van der Waals surface area contributed by atoms with Gasteiger partial charge in [-0.2, -0.15) is 0 Å². The Morgan fingerprint density at radius 2 is 1.93 bits per heavy atom. The van der Waals surface area contributed by atoms with Crippen LogP contribution in [0, 0.1) is 0 Å². The molecule has 1 heterocycles. The Balaban J connectivity index is 1.53. The van der Waals surface area contributed by atoms with Crippen molar-refractivity contribution in [2.75, 3.05) is 5.32 Å². The zero-order valence-corrected chi connectivity index (χ0v) is 17.9. The summed E-state index contributed by atoms with van der Waals surface area (Å²) in [5.74, 6) is 0.575. The van der Waals surface area contributed by atoms with E-state index in [0.717, 1.165) is 24.2 Å². The third kappa shape index (κ3) is 6.00. The van der Waals surface area contributed by atoms with Crippen LogP contribution in [0.3, 0.4) is 0 Å². The van der Waals surface area contributed by atoms with Gasteiger partial charge in [-0.15, -0.1) is 5.10 Å². The van der Waals surface area contributed by atoms with Gasteiger partial charge >= 0.3 is 5.69 Å². The monoisotopic (exact) mass is 426 g/mol. The van der Waals surface area contributed by atoms with Crippen molar-refractivity contribution in [3.63, 3.8) is 0 Å². The number of carbonyl (C=O) groups excluding carboxylic acids is 1. The Morgan fingerprint density at radius 3 is 2.63 bits per heavy atom. The van der Waals surface area contributed by atoms with E-state index in [-0.39, 0.29) is 11.6 Å². The number of thioether (sulfide) groups is 1. The molecule has 3 rings (SSSR count). The summed E-state index contributed by atoms with van der Waals surface area (Å²) in [6, 6.07) is 17.2. The third-order valence-corrected chi connectivity index (χ3v) is 5.57. The summed E-state index contributed by atoms with van der Waals surface area (Å²) < 4.78 is 7.35. The molecule has 30 heavy (non-hydrogen) atoms. The molecule has 0 spiro atoms. The van der Waals surface area contributed by atoms with Gasteiger partial charge in [0, 0.05) is 12.2 Å². The number of hydrogen-bond acceptors (Lipinski definition) is 5. The Hall–Kier alpha value is -3.00. The summed E-state index contributed by atoms with van der Waals surface area (Å²) in [4.78, 5) is 24.4. The van der Waals surface area contributed by atoms with E-state index in [1.807, 2.05) is 42.5 Å². The molecular weight excluding hydrogens is 400 g/mol. The topological polar surface area (TPSA) is 89.0 Å². The molecule has 3 aromatic rings. The van der Waals surface area contributed by atoms with Gasteiger partial charge in [-0.05, 0) is 43.2 Å². The van der Waals surface area contributed by atoms with Crippen molar-refractivity contribution >= 4 is 23.4 Å². The zero-order valence-electron chi connectivity index (χ0n) is 17.1. The maximum atomic E-state index is 12.6. The van der Waals surface area contributed by atoms with E-state index in [1.165, 1.54) is 11.8 Å². The maximum absolute atomic E-state index is 12.6. The number of aromatic amines is 1. The van der Waals surface area contributed by atoms with Gasteiger partial charge in [0.2, 0.25) is 5.91 Å². The number of benzene rings is 2. The lowest BCUT2D eigenvalue weighted by molar-refractivity contribution is -0.115. The molecule has 0 aliphatic heterocycles. The quantitative estimate of drug-likeness (QED) is 0.477. The number of amides is 1. The fourth-order valence-electron chi connectivity index (χ4n) is 2.74. The first-order valence-electron chi connectivity index (χ1n) is 9.96. The fourth-order valence-corrected chi connectivity index (χ4v) is 3.62. The highest BCUT2D eigenvalue weighted by atomic mass is 32.2. The van der Waals surface area contributed by atoms with Crippen molar-refractivity contribution in [2.45, 2.75) is 50.2 Å². The summed E-state index contributed by atoms with van der Waals surface area (Å²) in [6.07, 6.45) is 1.86. The number of nitrogens with one attached hydrogen (secondary N) is 2. The molecule has 1 aromatic heterocycles. The average molecular weight is 427 g/mol. The molecule has 8 heteroatoms. The lowest BCUT2D eigenvalue weighted by atomic mass is 10.2. The minimum atomic E-state index is -0.408.